The van der Waals surface area contributed by atoms with Gasteiger partial charge in [-0.05, 0) is 55.3 Å². The highest BCUT2D eigenvalue weighted by atomic mass is 35.5. The van der Waals surface area contributed by atoms with Gasteiger partial charge in [-0.15, -0.1) is 0 Å². The monoisotopic (exact) mass is 408 g/mol. The van der Waals surface area contributed by atoms with Crippen molar-refractivity contribution in [3.63, 3.8) is 0 Å². The van der Waals surface area contributed by atoms with Gasteiger partial charge in [-0.3, -0.25) is 9.59 Å². The maximum atomic E-state index is 12.5. The van der Waals surface area contributed by atoms with E-state index in [0.29, 0.717) is 5.56 Å². The highest BCUT2D eigenvalue weighted by Crippen LogP contribution is 2.23. The van der Waals surface area contributed by atoms with Gasteiger partial charge in [-0.1, -0.05) is 11.6 Å². The third-order valence-corrected chi connectivity index (χ3v) is 5.55. The quantitative estimate of drug-likeness (QED) is 0.764. The fraction of sp³-hybridized carbons (Fsp3) is 0.222. The zero-order chi connectivity index (χ0) is 19.6. The number of sulfonamides is 1. The van der Waals surface area contributed by atoms with Gasteiger partial charge in [0.15, 0.2) is 0 Å². The highest BCUT2D eigenvalue weighted by molar-refractivity contribution is 7.90. The van der Waals surface area contributed by atoms with E-state index in [9.17, 15) is 18.0 Å². The largest absolute Gasteiger partial charge is 0.496 e. The summed E-state index contributed by atoms with van der Waals surface area (Å²) in [5.41, 5.74) is 0.345. The molecule has 2 aromatic carbocycles. The Labute approximate surface area is 161 Å². The van der Waals surface area contributed by atoms with Crippen LogP contribution in [0.25, 0.3) is 0 Å². The van der Waals surface area contributed by atoms with Crippen LogP contribution in [0.5, 0.6) is 5.75 Å². The molecule has 0 unspecified atom stereocenters. The Kier molecular flexibility index (Phi) is 5.38. The van der Waals surface area contributed by atoms with E-state index < -0.39 is 15.9 Å². The second-order valence-corrected chi connectivity index (χ2v) is 8.17. The Hall–Kier alpha value is -2.58. The number of hydrogen-bond acceptors (Lipinski definition) is 5. The predicted molar refractivity (Wildman–Crippen MR) is 99.6 cm³/mol. The number of carbonyl (C=O) groups excluding carboxylic acids is 2. The van der Waals surface area contributed by atoms with Gasteiger partial charge in [0.25, 0.3) is 21.8 Å². The summed E-state index contributed by atoms with van der Waals surface area (Å²) in [5, 5.41) is 3.08. The van der Waals surface area contributed by atoms with Crippen LogP contribution in [-0.2, 0) is 10.0 Å². The van der Waals surface area contributed by atoms with Gasteiger partial charge in [0, 0.05) is 16.6 Å². The van der Waals surface area contributed by atoms with Gasteiger partial charge in [-0.2, -0.15) is 0 Å². The van der Waals surface area contributed by atoms with Crippen LogP contribution in [0.15, 0.2) is 47.4 Å². The summed E-state index contributed by atoms with van der Waals surface area (Å²) in [6.07, 6.45) is 1.91. The number of hydrogen-bond donors (Lipinski definition) is 2. The third-order valence-electron chi connectivity index (χ3n) is 3.97. The molecule has 0 aliphatic heterocycles. The second kappa shape index (κ2) is 7.58. The molecular formula is C18H17ClN2O5S. The molecule has 1 saturated carbocycles. The van der Waals surface area contributed by atoms with Crippen molar-refractivity contribution in [1.29, 1.82) is 0 Å². The molecule has 0 aromatic heterocycles. The molecule has 0 spiro atoms. The Morgan fingerprint density at radius 2 is 1.74 bits per heavy atom. The lowest BCUT2D eigenvalue weighted by molar-refractivity contribution is 0.0948. The molecule has 3 rings (SSSR count). The summed E-state index contributed by atoms with van der Waals surface area (Å²) < 4.78 is 32.0. The zero-order valence-corrected chi connectivity index (χ0v) is 15.9. The minimum atomic E-state index is -4.13. The molecule has 0 radical (unpaired) electrons. The van der Waals surface area contributed by atoms with Crippen molar-refractivity contribution in [2.75, 3.05) is 7.11 Å². The summed E-state index contributed by atoms with van der Waals surface area (Å²) in [5.74, 6) is -0.932. The predicted octanol–water partition coefficient (Wildman–Crippen LogP) is 2.36. The van der Waals surface area contributed by atoms with Crippen LogP contribution in [0, 0.1) is 0 Å². The Bertz CT molecular complexity index is 985. The molecular weight excluding hydrogens is 392 g/mol. The number of ether oxygens (including phenoxy) is 1. The van der Waals surface area contributed by atoms with E-state index in [4.69, 9.17) is 16.3 Å². The van der Waals surface area contributed by atoms with Gasteiger partial charge in [-0.25, -0.2) is 13.1 Å². The third kappa shape index (κ3) is 4.58. The second-order valence-electron chi connectivity index (χ2n) is 6.05. The first-order valence-electron chi connectivity index (χ1n) is 8.12. The number of rotatable bonds is 6. The van der Waals surface area contributed by atoms with Crippen molar-refractivity contribution in [3.05, 3.63) is 58.6 Å². The van der Waals surface area contributed by atoms with Gasteiger partial charge in [0.2, 0.25) is 0 Å². The lowest BCUT2D eigenvalue weighted by atomic mass is 10.2. The summed E-state index contributed by atoms with van der Waals surface area (Å²) in [6, 6.07) is 9.85. The standard InChI is InChI=1S/C18H17ClN2O5S/c1-26-16-9-4-12(19)10-15(16)18(23)21-27(24,25)14-7-2-11(3-8-14)17(22)20-13-5-6-13/h2-4,7-10,13H,5-6H2,1H3,(H,20,22)(H,21,23). The fourth-order valence-electron chi connectivity index (χ4n) is 2.38. The normalized spacial score (nSPS) is 13.7. The van der Waals surface area contributed by atoms with Crippen molar-refractivity contribution < 1.29 is 22.7 Å². The Morgan fingerprint density at radius 3 is 2.33 bits per heavy atom. The minimum absolute atomic E-state index is 0.00555. The molecule has 1 aliphatic carbocycles. The molecule has 7 nitrogen and oxygen atoms in total. The Morgan fingerprint density at radius 1 is 1.07 bits per heavy atom. The average Bonchev–Trinajstić information content (AvgIpc) is 3.45. The van der Waals surface area contributed by atoms with E-state index >= 15 is 0 Å². The van der Waals surface area contributed by atoms with Crippen LogP contribution in [0.2, 0.25) is 5.02 Å². The molecule has 2 amide bonds. The van der Waals surface area contributed by atoms with Crippen LogP contribution in [0.4, 0.5) is 0 Å². The van der Waals surface area contributed by atoms with Crippen LogP contribution in [0.1, 0.15) is 33.6 Å². The smallest absolute Gasteiger partial charge is 0.268 e. The van der Waals surface area contributed by atoms with E-state index in [1.807, 2.05) is 4.72 Å². The molecule has 0 bridgehead atoms. The summed E-state index contributed by atoms with van der Waals surface area (Å²) in [4.78, 5) is 24.2. The lowest BCUT2D eigenvalue weighted by Gasteiger charge is -2.11. The van der Waals surface area contributed by atoms with Crippen LogP contribution >= 0.6 is 11.6 Å². The van der Waals surface area contributed by atoms with Crippen molar-refractivity contribution in [3.8, 4) is 5.75 Å². The Balaban J connectivity index is 1.77. The van der Waals surface area contributed by atoms with Crippen molar-refractivity contribution in [2.45, 2.75) is 23.8 Å². The first kappa shape index (κ1) is 19.2. The summed E-state index contributed by atoms with van der Waals surface area (Å²) >= 11 is 5.87. The van der Waals surface area contributed by atoms with Crippen LogP contribution in [0.3, 0.4) is 0 Å². The van der Waals surface area contributed by atoms with E-state index in [-0.39, 0.29) is 33.2 Å². The van der Waals surface area contributed by atoms with E-state index in [1.165, 1.54) is 49.6 Å². The molecule has 0 saturated heterocycles. The molecule has 1 fully saturated rings. The molecule has 27 heavy (non-hydrogen) atoms. The zero-order valence-electron chi connectivity index (χ0n) is 14.4. The molecule has 142 valence electrons. The van der Waals surface area contributed by atoms with Gasteiger partial charge < -0.3 is 10.1 Å². The first-order chi connectivity index (χ1) is 12.8. The van der Waals surface area contributed by atoms with Crippen molar-refractivity contribution in [2.24, 2.45) is 0 Å². The number of methoxy groups -OCH3 is 1. The van der Waals surface area contributed by atoms with Crippen molar-refractivity contribution >= 4 is 33.4 Å². The number of halogens is 1. The summed E-state index contributed by atoms with van der Waals surface area (Å²) in [6.45, 7) is 0. The van der Waals surface area contributed by atoms with Gasteiger partial charge >= 0.3 is 0 Å². The molecule has 1 aliphatic rings. The number of amides is 2. The van der Waals surface area contributed by atoms with Crippen LogP contribution < -0.4 is 14.8 Å². The SMILES string of the molecule is COc1ccc(Cl)cc1C(=O)NS(=O)(=O)c1ccc(C(=O)NC2CC2)cc1. The first-order valence-corrected chi connectivity index (χ1v) is 9.98. The molecule has 2 aromatic rings. The summed E-state index contributed by atoms with van der Waals surface area (Å²) in [7, 11) is -2.77. The topological polar surface area (TPSA) is 102 Å². The fourth-order valence-corrected chi connectivity index (χ4v) is 3.51. The van der Waals surface area contributed by atoms with E-state index in [0.717, 1.165) is 12.8 Å². The average molecular weight is 409 g/mol. The maximum absolute atomic E-state index is 12.5. The van der Waals surface area contributed by atoms with Crippen LogP contribution in [-0.4, -0.2) is 33.4 Å². The molecule has 9 heteroatoms. The molecule has 0 atom stereocenters. The van der Waals surface area contributed by atoms with Gasteiger partial charge in [0.05, 0.1) is 17.6 Å². The van der Waals surface area contributed by atoms with Gasteiger partial charge in [0.1, 0.15) is 5.75 Å². The van der Waals surface area contributed by atoms with E-state index in [2.05, 4.69) is 5.32 Å². The minimum Gasteiger partial charge on any atom is -0.496 e. The number of carbonyl (C=O) groups is 2. The molecule has 2 N–H and O–H groups in total. The lowest BCUT2D eigenvalue weighted by Crippen LogP contribution is -2.31. The number of nitrogens with one attached hydrogen (secondary N) is 2. The molecule has 0 heterocycles. The van der Waals surface area contributed by atoms with Crippen molar-refractivity contribution in [1.82, 2.24) is 10.0 Å². The van der Waals surface area contributed by atoms with E-state index in [1.54, 1.807) is 0 Å². The highest BCUT2D eigenvalue weighted by Gasteiger charge is 2.25. The maximum Gasteiger partial charge on any atom is 0.268 e. The number of benzene rings is 2.